The number of rotatable bonds is 2. The molecule has 1 rings (SSSR count). The van der Waals surface area contributed by atoms with Crippen LogP contribution in [0.4, 0.5) is 0 Å². The Hall–Kier alpha value is -0.280. The SMILES string of the molecule is CCOCC.O[C@H]1[C@H](O)[C@@H](O)[C@H](O)[C@@H](O)[C@H]1O. The Morgan fingerprint density at radius 2 is 0.765 bits per heavy atom. The standard InChI is InChI=1S/C6H12O6.C4H10O/c7-1-2(8)4(10)6(12)5(11)3(1)9;1-3-5-4-2/h1-12H;3-4H2,1-2H3/t1-,2-,3-,4+,5-,6-;. The molecule has 0 aromatic heterocycles. The van der Waals surface area contributed by atoms with E-state index in [9.17, 15) is 0 Å². The number of hydrogen-bond donors (Lipinski definition) is 6. The lowest BCUT2D eigenvalue weighted by Crippen LogP contribution is -2.63. The third-order valence-corrected chi connectivity index (χ3v) is 2.51. The zero-order chi connectivity index (χ0) is 13.6. The highest BCUT2D eigenvalue weighted by Crippen LogP contribution is 2.20. The molecule has 104 valence electrons. The van der Waals surface area contributed by atoms with Crippen LogP contribution in [0.1, 0.15) is 13.8 Å². The first kappa shape index (κ1) is 16.7. The maximum Gasteiger partial charge on any atom is 0.111 e. The van der Waals surface area contributed by atoms with E-state index in [0.29, 0.717) is 0 Å². The Morgan fingerprint density at radius 1 is 0.588 bits per heavy atom. The van der Waals surface area contributed by atoms with Gasteiger partial charge in [-0.1, -0.05) is 0 Å². The third-order valence-electron chi connectivity index (χ3n) is 2.51. The summed E-state index contributed by atoms with van der Waals surface area (Å²) in [5, 5.41) is 53.8. The molecule has 0 atom stereocenters. The van der Waals surface area contributed by atoms with Crippen LogP contribution < -0.4 is 0 Å². The molecule has 0 saturated heterocycles. The fourth-order valence-electron chi connectivity index (χ4n) is 1.42. The fourth-order valence-corrected chi connectivity index (χ4v) is 1.42. The molecule has 17 heavy (non-hydrogen) atoms. The van der Waals surface area contributed by atoms with Crippen LogP contribution in [0.2, 0.25) is 0 Å². The molecule has 0 aromatic carbocycles. The number of hydrogen-bond acceptors (Lipinski definition) is 7. The van der Waals surface area contributed by atoms with E-state index in [1.54, 1.807) is 0 Å². The summed E-state index contributed by atoms with van der Waals surface area (Å²) in [5.41, 5.74) is 0. The molecule has 0 radical (unpaired) electrons. The zero-order valence-electron chi connectivity index (χ0n) is 9.97. The monoisotopic (exact) mass is 254 g/mol. The van der Waals surface area contributed by atoms with Crippen molar-refractivity contribution >= 4 is 0 Å². The lowest BCUT2D eigenvalue weighted by atomic mass is 9.85. The molecule has 0 unspecified atom stereocenters. The van der Waals surface area contributed by atoms with Gasteiger partial charge in [-0.25, -0.2) is 0 Å². The maximum absolute atomic E-state index is 8.97. The quantitative estimate of drug-likeness (QED) is 0.314. The van der Waals surface area contributed by atoms with Gasteiger partial charge in [0.25, 0.3) is 0 Å². The minimum Gasteiger partial charge on any atom is -0.387 e. The first-order valence-electron chi connectivity index (χ1n) is 5.54. The number of aliphatic hydroxyl groups excluding tert-OH is 6. The Morgan fingerprint density at radius 3 is 0.824 bits per heavy atom. The van der Waals surface area contributed by atoms with Gasteiger partial charge < -0.3 is 35.4 Å². The van der Waals surface area contributed by atoms with Crippen molar-refractivity contribution in [1.82, 2.24) is 0 Å². The highest BCUT2D eigenvalue weighted by Gasteiger charge is 2.47. The Balaban J connectivity index is 0.000000437. The van der Waals surface area contributed by atoms with Gasteiger partial charge >= 0.3 is 0 Å². The molecule has 1 fully saturated rings. The van der Waals surface area contributed by atoms with Crippen LogP contribution in [0.15, 0.2) is 0 Å². The second-order valence-electron chi connectivity index (χ2n) is 3.73. The summed E-state index contributed by atoms with van der Waals surface area (Å²) in [6.45, 7) is 5.67. The maximum atomic E-state index is 8.97. The van der Waals surface area contributed by atoms with E-state index in [1.807, 2.05) is 13.8 Å². The fraction of sp³-hybridized carbons (Fsp3) is 1.00. The van der Waals surface area contributed by atoms with Crippen LogP contribution in [0.5, 0.6) is 0 Å². The van der Waals surface area contributed by atoms with Crippen LogP contribution in [0.3, 0.4) is 0 Å². The van der Waals surface area contributed by atoms with E-state index in [1.165, 1.54) is 0 Å². The molecule has 1 aliphatic carbocycles. The van der Waals surface area contributed by atoms with Gasteiger partial charge in [0.05, 0.1) is 0 Å². The van der Waals surface area contributed by atoms with Crippen molar-refractivity contribution in [2.75, 3.05) is 13.2 Å². The van der Waals surface area contributed by atoms with Crippen molar-refractivity contribution in [2.24, 2.45) is 0 Å². The minimum absolute atomic E-state index is 0.844. The molecule has 0 spiro atoms. The van der Waals surface area contributed by atoms with Gasteiger partial charge in [-0.3, -0.25) is 0 Å². The predicted octanol–water partition coefficient (Wildman–Crippen LogP) is -2.79. The predicted molar refractivity (Wildman–Crippen MR) is 58.2 cm³/mol. The van der Waals surface area contributed by atoms with E-state index in [-0.39, 0.29) is 0 Å². The summed E-state index contributed by atoms with van der Waals surface area (Å²) in [6, 6.07) is 0. The van der Waals surface area contributed by atoms with Crippen molar-refractivity contribution in [3.8, 4) is 0 Å². The van der Waals surface area contributed by atoms with E-state index in [4.69, 9.17) is 35.4 Å². The van der Waals surface area contributed by atoms with Gasteiger partial charge in [-0.05, 0) is 13.8 Å². The van der Waals surface area contributed by atoms with Crippen molar-refractivity contribution in [3.63, 3.8) is 0 Å². The largest absolute Gasteiger partial charge is 0.387 e. The highest BCUT2D eigenvalue weighted by atomic mass is 16.5. The summed E-state index contributed by atoms with van der Waals surface area (Å²) in [4.78, 5) is 0. The van der Waals surface area contributed by atoms with Gasteiger partial charge in [0, 0.05) is 13.2 Å². The van der Waals surface area contributed by atoms with E-state index in [2.05, 4.69) is 0 Å². The Bertz CT molecular complexity index is 141. The smallest absolute Gasteiger partial charge is 0.111 e. The molecule has 0 bridgehead atoms. The molecular weight excluding hydrogens is 232 g/mol. The van der Waals surface area contributed by atoms with Gasteiger partial charge in [-0.15, -0.1) is 0 Å². The van der Waals surface area contributed by atoms with E-state index >= 15 is 0 Å². The van der Waals surface area contributed by atoms with Crippen LogP contribution in [0.25, 0.3) is 0 Å². The summed E-state index contributed by atoms with van der Waals surface area (Å²) < 4.78 is 4.83. The molecule has 1 saturated carbocycles. The highest BCUT2D eigenvalue weighted by molar-refractivity contribution is 4.98. The van der Waals surface area contributed by atoms with Crippen LogP contribution in [-0.2, 0) is 4.74 Å². The van der Waals surface area contributed by atoms with Crippen molar-refractivity contribution < 1.29 is 35.4 Å². The van der Waals surface area contributed by atoms with Crippen molar-refractivity contribution in [1.29, 1.82) is 0 Å². The Kier molecular flexibility index (Phi) is 7.80. The summed E-state index contributed by atoms with van der Waals surface area (Å²) in [6.07, 6.45) is -9.84. The second-order valence-corrected chi connectivity index (χ2v) is 3.73. The zero-order valence-corrected chi connectivity index (χ0v) is 9.97. The molecule has 7 heteroatoms. The average molecular weight is 254 g/mol. The Labute approximate surface area is 99.9 Å². The average Bonchev–Trinajstić information content (AvgIpc) is 2.33. The molecule has 0 heterocycles. The molecule has 0 amide bonds. The molecule has 7 nitrogen and oxygen atoms in total. The van der Waals surface area contributed by atoms with Gasteiger partial charge in [-0.2, -0.15) is 0 Å². The van der Waals surface area contributed by atoms with E-state index < -0.39 is 36.6 Å². The lowest BCUT2D eigenvalue weighted by Gasteiger charge is -2.39. The van der Waals surface area contributed by atoms with Crippen LogP contribution >= 0.6 is 0 Å². The molecule has 1 aliphatic rings. The molecule has 6 N–H and O–H groups in total. The summed E-state index contributed by atoms with van der Waals surface area (Å²) >= 11 is 0. The van der Waals surface area contributed by atoms with Gasteiger partial charge in [0.2, 0.25) is 0 Å². The normalized spacial score (nSPS) is 41.6. The molecule has 0 aliphatic heterocycles. The first-order valence-corrected chi connectivity index (χ1v) is 5.54. The van der Waals surface area contributed by atoms with Gasteiger partial charge in [0.15, 0.2) is 0 Å². The first-order chi connectivity index (χ1) is 7.88. The van der Waals surface area contributed by atoms with E-state index in [0.717, 1.165) is 13.2 Å². The minimum atomic E-state index is -1.64. The topological polar surface area (TPSA) is 131 Å². The number of aliphatic hydroxyl groups is 6. The number of ether oxygens (including phenoxy) is 1. The molecular formula is C10H22O7. The van der Waals surface area contributed by atoms with Crippen LogP contribution in [0, 0.1) is 0 Å². The molecule has 0 aromatic rings. The van der Waals surface area contributed by atoms with Crippen LogP contribution in [-0.4, -0.2) is 80.5 Å². The third kappa shape index (κ3) is 4.47. The van der Waals surface area contributed by atoms with Crippen molar-refractivity contribution in [2.45, 2.75) is 50.5 Å². The lowest BCUT2D eigenvalue weighted by molar-refractivity contribution is -0.223. The summed E-state index contributed by atoms with van der Waals surface area (Å²) in [5.74, 6) is 0. The van der Waals surface area contributed by atoms with Crippen molar-refractivity contribution in [3.05, 3.63) is 0 Å². The summed E-state index contributed by atoms with van der Waals surface area (Å²) in [7, 11) is 0. The second kappa shape index (κ2) is 7.93. The van der Waals surface area contributed by atoms with Gasteiger partial charge in [0.1, 0.15) is 36.6 Å².